The van der Waals surface area contributed by atoms with E-state index in [1.807, 2.05) is 11.6 Å². The Bertz CT molecular complexity index is 452. The highest BCUT2D eigenvalue weighted by molar-refractivity contribution is 5.95. The number of nitrogens with zero attached hydrogens (tertiary/aromatic N) is 2. The third-order valence-electron chi connectivity index (χ3n) is 4.02. The molecule has 1 aromatic heterocycles. The van der Waals surface area contributed by atoms with Crippen molar-refractivity contribution in [2.45, 2.75) is 58.5 Å². The maximum Gasteiger partial charge on any atom is 0.254 e. The molecule has 0 spiro atoms. The van der Waals surface area contributed by atoms with E-state index in [2.05, 4.69) is 17.3 Å². The van der Waals surface area contributed by atoms with Crippen molar-refractivity contribution >= 4 is 5.91 Å². The monoisotopic (exact) mass is 279 g/mol. The molecule has 20 heavy (non-hydrogen) atoms. The summed E-state index contributed by atoms with van der Waals surface area (Å²) in [5.74, 6) is 0.483. The second-order valence-electron chi connectivity index (χ2n) is 5.65. The molecule has 2 rings (SSSR count). The minimum absolute atomic E-state index is 0.0596. The number of rotatable bonds is 8. The zero-order valence-corrected chi connectivity index (χ0v) is 12.4. The number of hydrogen-bond acceptors (Lipinski definition) is 3. The Morgan fingerprint density at radius 1 is 1.60 bits per heavy atom. The fraction of sp³-hybridized carbons (Fsp3) is 0.733. The number of aromatic nitrogens is 2. The van der Waals surface area contributed by atoms with Gasteiger partial charge in [-0.25, -0.2) is 0 Å². The Kier molecular flexibility index (Phi) is 5.17. The molecule has 0 radical (unpaired) electrons. The van der Waals surface area contributed by atoms with Gasteiger partial charge in [0.2, 0.25) is 0 Å². The third-order valence-corrected chi connectivity index (χ3v) is 4.02. The van der Waals surface area contributed by atoms with Gasteiger partial charge in [-0.2, -0.15) is 5.10 Å². The molecule has 1 aliphatic rings. The van der Waals surface area contributed by atoms with Crippen LogP contribution in [0.1, 0.15) is 55.1 Å². The molecule has 2 N–H and O–H groups in total. The van der Waals surface area contributed by atoms with Crippen molar-refractivity contribution in [1.82, 2.24) is 15.1 Å². The summed E-state index contributed by atoms with van der Waals surface area (Å²) in [5.41, 5.74) is 1.58. The van der Waals surface area contributed by atoms with E-state index in [1.54, 1.807) is 6.20 Å². The van der Waals surface area contributed by atoms with Gasteiger partial charge in [-0.15, -0.1) is 0 Å². The van der Waals surface area contributed by atoms with Gasteiger partial charge in [0, 0.05) is 24.9 Å². The van der Waals surface area contributed by atoms with Gasteiger partial charge >= 0.3 is 0 Å². The summed E-state index contributed by atoms with van der Waals surface area (Å²) in [6.07, 6.45) is 6.78. The molecule has 1 amide bonds. The highest BCUT2D eigenvalue weighted by Crippen LogP contribution is 2.34. The number of amides is 1. The highest BCUT2D eigenvalue weighted by Gasteiger charge is 2.32. The second-order valence-corrected chi connectivity index (χ2v) is 5.65. The molecule has 1 aromatic rings. The summed E-state index contributed by atoms with van der Waals surface area (Å²) in [4.78, 5) is 12.3. The quantitative estimate of drug-likeness (QED) is 0.763. The molecule has 0 aromatic carbocycles. The van der Waals surface area contributed by atoms with E-state index in [1.165, 1.54) is 0 Å². The van der Waals surface area contributed by atoms with E-state index in [4.69, 9.17) is 5.11 Å². The predicted octanol–water partition coefficient (Wildman–Crippen LogP) is 1.88. The van der Waals surface area contributed by atoms with E-state index in [9.17, 15) is 4.79 Å². The Labute approximate surface area is 120 Å². The van der Waals surface area contributed by atoms with E-state index < -0.39 is 0 Å². The minimum Gasteiger partial charge on any atom is -0.396 e. The van der Waals surface area contributed by atoms with Gasteiger partial charge in [-0.1, -0.05) is 13.3 Å². The first-order valence-electron chi connectivity index (χ1n) is 7.61. The van der Waals surface area contributed by atoms with Crippen LogP contribution < -0.4 is 5.32 Å². The maximum absolute atomic E-state index is 12.3. The van der Waals surface area contributed by atoms with Crippen LogP contribution in [0.5, 0.6) is 0 Å². The number of nitrogens with one attached hydrogen (secondary N) is 1. The molecule has 1 saturated carbocycles. The largest absolute Gasteiger partial charge is 0.396 e. The summed E-state index contributed by atoms with van der Waals surface area (Å²) in [5, 5.41) is 16.4. The zero-order valence-electron chi connectivity index (χ0n) is 12.4. The van der Waals surface area contributed by atoms with Crippen molar-refractivity contribution in [1.29, 1.82) is 0 Å². The van der Waals surface area contributed by atoms with Crippen molar-refractivity contribution in [2.75, 3.05) is 6.61 Å². The van der Waals surface area contributed by atoms with Crippen LogP contribution in [-0.4, -0.2) is 33.4 Å². The fourth-order valence-corrected chi connectivity index (χ4v) is 2.51. The smallest absolute Gasteiger partial charge is 0.254 e. The lowest BCUT2D eigenvalue weighted by atomic mass is 10.1. The number of aliphatic hydroxyl groups excluding tert-OH is 1. The Morgan fingerprint density at radius 2 is 2.35 bits per heavy atom. The van der Waals surface area contributed by atoms with Crippen molar-refractivity contribution in [2.24, 2.45) is 5.92 Å². The minimum atomic E-state index is -0.0596. The van der Waals surface area contributed by atoms with Gasteiger partial charge in [0.1, 0.15) is 0 Å². The summed E-state index contributed by atoms with van der Waals surface area (Å²) >= 11 is 0. The normalized spacial score (nSPS) is 16.1. The molecule has 0 saturated heterocycles. The average Bonchev–Trinajstić information content (AvgIpc) is 3.20. The molecule has 0 aliphatic heterocycles. The number of hydrogen-bond donors (Lipinski definition) is 2. The number of aryl methyl sites for hydroxylation is 1. The van der Waals surface area contributed by atoms with Gasteiger partial charge in [0.15, 0.2) is 0 Å². The summed E-state index contributed by atoms with van der Waals surface area (Å²) in [6.45, 7) is 5.06. The molecule has 1 atom stereocenters. The molecule has 1 heterocycles. The average molecular weight is 279 g/mol. The maximum atomic E-state index is 12.3. The van der Waals surface area contributed by atoms with Crippen LogP contribution in [0.3, 0.4) is 0 Å². The first-order valence-corrected chi connectivity index (χ1v) is 7.61. The van der Waals surface area contributed by atoms with Crippen molar-refractivity contribution in [3.63, 3.8) is 0 Å². The van der Waals surface area contributed by atoms with Gasteiger partial charge in [0.25, 0.3) is 5.91 Å². The number of carbonyl (C=O) groups is 1. The fourth-order valence-electron chi connectivity index (χ4n) is 2.51. The third kappa shape index (κ3) is 3.60. The second kappa shape index (κ2) is 6.88. The molecule has 1 aliphatic carbocycles. The first-order chi connectivity index (χ1) is 9.67. The van der Waals surface area contributed by atoms with Crippen LogP contribution in [0, 0.1) is 12.8 Å². The van der Waals surface area contributed by atoms with E-state index in [0.717, 1.165) is 37.9 Å². The number of aliphatic hydroxyl groups is 1. The Morgan fingerprint density at radius 3 is 2.95 bits per heavy atom. The van der Waals surface area contributed by atoms with Crippen LogP contribution in [0.2, 0.25) is 0 Å². The van der Waals surface area contributed by atoms with Crippen molar-refractivity contribution in [3.05, 3.63) is 17.5 Å². The lowest BCUT2D eigenvalue weighted by Gasteiger charge is -2.17. The lowest BCUT2D eigenvalue weighted by Crippen LogP contribution is -2.37. The summed E-state index contributed by atoms with van der Waals surface area (Å²) < 4.78 is 1.90. The summed E-state index contributed by atoms with van der Waals surface area (Å²) in [6, 6.07) is 0.103. The van der Waals surface area contributed by atoms with Crippen LogP contribution in [0.25, 0.3) is 0 Å². The van der Waals surface area contributed by atoms with Crippen LogP contribution in [-0.2, 0) is 6.54 Å². The molecule has 112 valence electrons. The van der Waals surface area contributed by atoms with Gasteiger partial charge in [-0.3, -0.25) is 9.48 Å². The number of carbonyl (C=O) groups excluding carboxylic acids is 1. The van der Waals surface area contributed by atoms with Gasteiger partial charge in [0.05, 0.1) is 11.8 Å². The molecule has 5 heteroatoms. The number of unbranched alkanes of at least 4 members (excludes halogenated alkanes) is 1. The van der Waals surface area contributed by atoms with Crippen molar-refractivity contribution in [3.8, 4) is 0 Å². The van der Waals surface area contributed by atoms with E-state index >= 15 is 0 Å². The van der Waals surface area contributed by atoms with Gasteiger partial charge < -0.3 is 10.4 Å². The molecule has 1 unspecified atom stereocenters. The van der Waals surface area contributed by atoms with E-state index in [0.29, 0.717) is 17.9 Å². The molecule has 1 fully saturated rings. The van der Waals surface area contributed by atoms with Crippen molar-refractivity contribution < 1.29 is 9.90 Å². The zero-order chi connectivity index (χ0) is 14.5. The molecule has 5 nitrogen and oxygen atoms in total. The highest BCUT2D eigenvalue weighted by atomic mass is 16.3. The Balaban J connectivity index is 1.99. The molecular weight excluding hydrogens is 254 g/mol. The van der Waals surface area contributed by atoms with Crippen LogP contribution in [0.15, 0.2) is 6.20 Å². The summed E-state index contributed by atoms with van der Waals surface area (Å²) in [7, 11) is 0. The lowest BCUT2D eigenvalue weighted by molar-refractivity contribution is 0.0923. The topological polar surface area (TPSA) is 67.2 Å². The van der Waals surface area contributed by atoms with Crippen LogP contribution in [0.4, 0.5) is 0 Å². The SMILES string of the molecule is CCCCn1ncc(C(=O)NC(CCO)C2CC2)c1C. The first kappa shape index (κ1) is 15.0. The molecular formula is C15H25N3O2. The van der Waals surface area contributed by atoms with E-state index in [-0.39, 0.29) is 18.6 Å². The predicted molar refractivity (Wildman–Crippen MR) is 77.6 cm³/mol. The standard InChI is InChI=1S/C15H25N3O2/c1-3-4-8-18-11(2)13(10-16-18)15(20)17-14(7-9-19)12-5-6-12/h10,12,14,19H,3-9H2,1-2H3,(H,17,20). The van der Waals surface area contributed by atoms with Crippen LogP contribution >= 0.6 is 0 Å². The van der Waals surface area contributed by atoms with Gasteiger partial charge in [-0.05, 0) is 38.5 Å². The molecule has 0 bridgehead atoms. The Hall–Kier alpha value is -1.36.